The van der Waals surface area contributed by atoms with E-state index in [-0.39, 0.29) is 17.5 Å². The molecule has 0 heterocycles. The third kappa shape index (κ3) is 4.66. The summed E-state index contributed by atoms with van der Waals surface area (Å²) >= 11 is 11.6. The average Bonchev–Trinajstić information content (AvgIpc) is 2.20. The highest BCUT2D eigenvalue weighted by Gasteiger charge is 2.31. The number of nitrogens with two attached hydrogens (primary N) is 1. The molecule has 0 spiro atoms. The second kappa shape index (κ2) is 6.12. The van der Waals surface area contributed by atoms with Gasteiger partial charge in [-0.25, -0.2) is 4.99 Å². The van der Waals surface area contributed by atoms with Crippen molar-refractivity contribution in [3.8, 4) is 5.75 Å². The van der Waals surface area contributed by atoms with E-state index in [2.05, 4.69) is 41.6 Å². The van der Waals surface area contributed by atoms with Crippen molar-refractivity contribution in [2.45, 2.75) is 6.36 Å². The van der Waals surface area contributed by atoms with E-state index in [0.29, 0.717) is 14.6 Å². The summed E-state index contributed by atoms with van der Waals surface area (Å²) < 4.78 is 40.5. The largest absolute Gasteiger partial charge is 0.573 e. The Bertz CT molecular complexity index is 456. The van der Waals surface area contributed by atoms with Gasteiger partial charge >= 0.3 is 6.36 Å². The van der Waals surface area contributed by atoms with E-state index >= 15 is 0 Å². The summed E-state index contributed by atoms with van der Waals surface area (Å²) in [6.45, 7) is 0. The summed E-state index contributed by atoms with van der Waals surface area (Å²) in [6, 6.07) is 2.27. The number of rotatable bonds is 3. The van der Waals surface area contributed by atoms with Crippen molar-refractivity contribution in [2.75, 3.05) is 5.88 Å². The number of aliphatic imine (C=N–C) groups is 1. The fourth-order valence-electron chi connectivity index (χ4n) is 1.02. The van der Waals surface area contributed by atoms with Crippen LogP contribution in [0.4, 0.5) is 18.9 Å². The van der Waals surface area contributed by atoms with Crippen LogP contribution in [0.15, 0.2) is 26.1 Å². The van der Waals surface area contributed by atoms with Gasteiger partial charge < -0.3 is 10.5 Å². The first-order valence-corrected chi connectivity index (χ1v) is 6.49. The first kappa shape index (κ1) is 15.6. The van der Waals surface area contributed by atoms with Crippen molar-refractivity contribution in [2.24, 2.45) is 10.7 Å². The molecule has 3 nitrogen and oxygen atoms in total. The minimum absolute atomic E-state index is 0.0136. The lowest BCUT2D eigenvalue weighted by Crippen LogP contribution is -2.17. The second-order valence-corrected chi connectivity index (χ2v) is 5.00. The lowest BCUT2D eigenvalue weighted by atomic mass is 10.3. The first-order valence-electron chi connectivity index (χ1n) is 4.36. The predicted molar refractivity (Wildman–Crippen MR) is 70.5 cm³/mol. The van der Waals surface area contributed by atoms with Crippen LogP contribution in [-0.4, -0.2) is 18.1 Å². The van der Waals surface area contributed by atoms with Crippen LogP contribution in [0.25, 0.3) is 0 Å². The van der Waals surface area contributed by atoms with Gasteiger partial charge in [0.15, 0.2) is 0 Å². The summed E-state index contributed by atoms with van der Waals surface area (Å²) in [6.07, 6.45) is -4.75. The van der Waals surface area contributed by atoms with E-state index in [4.69, 9.17) is 17.3 Å². The molecule has 1 aromatic carbocycles. The molecule has 1 rings (SSSR count). The van der Waals surface area contributed by atoms with E-state index < -0.39 is 6.36 Å². The number of halogens is 6. The number of alkyl halides is 4. The maximum absolute atomic E-state index is 12.1. The van der Waals surface area contributed by atoms with Gasteiger partial charge in [0.05, 0.1) is 11.6 Å². The van der Waals surface area contributed by atoms with Crippen molar-refractivity contribution in [1.29, 1.82) is 0 Å². The Kier molecular flexibility index (Phi) is 5.30. The predicted octanol–water partition coefficient (Wildman–Crippen LogP) is 4.34. The van der Waals surface area contributed by atoms with E-state index in [1.54, 1.807) is 0 Å². The maximum atomic E-state index is 12.1. The molecule has 0 saturated carbocycles. The van der Waals surface area contributed by atoms with Gasteiger partial charge in [0.1, 0.15) is 11.6 Å². The molecule has 0 aliphatic rings. The van der Waals surface area contributed by atoms with Gasteiger partial charge in [0.2, 0.25) is 0 Å². The molecule has 0 fully saturated rings. The van der Waals surface area contributed by atoms with Crippen molar-refractivity contribution >= 4 is 55.0 Å². The molecule has 0 aliphatic heterocycles. The minimum Gasteiger partial charge on any atom is -0.406 e. The maximum Gasteiger partial charge on any atom is 0.573 e. The highest BCUT2D eigenvalue weighted by molar-refractivity contribution is 9.11. The highest BCUT2D eigenvalue weighted by Crippen LogP contribution is 2.38. The van der Waals surface area contributed by atoms with Gasteiger partial charge in [0.25, 0.3) is 0 Å². The van der Waals surface area contributed by atoms with Crippen LogP contribution in [0, 0.1) is 0 Å². The molecule has 0 aromatic heterocycles. The zero-order valence-corrected chi connectivity index (χ0v) is 12.5. The lowest BCUT2D eigenvalue weighted by Gasteiger charge is -2.11. The third-order valence-electron chi connectivity index (χ3n) is 1.62. The van der Waals surface area contributed by atoms with E-state index in [1.807, 2.05) is 0 Å². The molecular formula is C9H6Br2ClF3N2O. The van der Waals surface area contributed by atoms with Gasteiger partial charge in [-0.3, -0.25) is 0 Å². The summed E-state index contributed by atoms with van der Waals surface area (Å²) in [5, 5.41) is 0. The first-order chi connectivity index (χ1) is 8.23. The van der Waals surface area contributed by atoms with Crippen molar-refractivity contribution in [3.05, 3.63) is 21.1 Å². The molecule has 0 amide bonds. The van der Waals surface area contributed by atoms with Gasteiger partial charge in [-0.15, -0.1) is 24.8 Å². The Balaban J connectivity index is 3.13. The number of hydrogen-bond donors (Lipinski definition) is 1. The molecule has 18 heavy (non-hydrogen) atoms. The van der Waals surface area contributed by atoms with Crippen LogP contribution in [0.2, 0.25) is 0 Å². The van der Waals surface area contributed by atoms with Crippen molar-refractivity contribution in [3.63, 3.8) is 0 Å². The number of benzene rings is 1. The zero-order valence-electron chi connectivity index (χ0n) is 8.56. The molecule has 1 aromatic rings. The van der Waals surface area contributed by atoms with Crippen LogP contribution in [-0.2, 0) is 0 Å². The van der Waals surface area contributed by atoms with Crippen LogP contribution in [0.5, 0.6) is 5.75 Å². The van der Waals surface area contributed by atoms with Gasteiger partial charge in [-0.1, -0.05) is 0 Å². The summed E-state index contributed by atoms with van der Waals surface area (Å²) in [5.41, 5.74) is 5.78. The number of ether oxygens (including phenoxy) is 1. The van der Waals surface area contributed by atoms with Crippen LogP contribution >= 0.6 is 43.5 Å². The van der Waals surface area contributed by atoms with Crippen molar-refractivity contribution < 1.29 is 17.9 Å². The van der Waals surface area contributed by atoms with Gasteiger partial charge in [0, 0.05) is 8.95 Å². The van der Waals surface area contributed by atoms with Crippen LogP contribution in [0.1, 0.15) is 0 Å². The Morgan fingerprint density at radius 2 is 1.83 bits per heavy atom. The minimum atomic E-state index is -4.75. The van der Waals surface area contributed by atoms with Crippen LogP contribution in [0.3, 0.4) is 0 Å². The normalized spacial score (nSPS) is 12.7. The number of hydrogen-bond acceptors (Lipinski definition) is 2. The molecular weight excluding hydrogens is 404 g/mol. The highest BCUT2D eigenvalue weighted by atomic mass is 79.9. The van der Waals surface area contributed by atoms with E-state index in [1.165, 1.54) is 0 Å². The van der Waals surface area contributed by atoms with Crippen LogP contribution < -0.4 is 10.5 Å². The molecule has 100 valence electrons. The topological polar surface area (TPSA) is 47.6 Å². The monoisotopic (exact) mass is 408 g/mol. The summed E-state index contributed by atoms with van der Waals surface area (Å²) in [5.74, 6) is -0.216. The Morgan fingerprint density at radius 3 is 2.22 bits per heavy atom. The fourth-order valence-corrected chi connectivity index (χ4v) is 2.40. The molecule has 2 N–H and O–H groups in total. The quantitative estimate of drug-likeness (QED) is 0.458. The van der Waals surface area contributed by atoms with E-state index in [0.717, 1.165) is 12.1 Å². The standard InChI is InChI=1S/C9H6Br2ClF3N2O/c10-5-1-4(18-9(13,14)15)2-6(11)8(5)17-7(16)3-12/h1-2H,3H2,(H2,16,17). The Morgan fingerprint density at radius 1 is 1.33 bits per heavy atom. The Labute approximate surface area is 122 Å². The van der Waals surface area contributed by atoms with E-state index in [9.17, 15) is 13.2 Å². The molecule has 0 aliphatic carbocycles. The molecule has 0 unspecified atom stereocenters. The average molecular weight is 410 g/mol. The molecule has 0 radical (unpaired) electrons. The number of amidine groups is 1. The molecule has 0 atom stereocenters. The van der Waals surface area contributed by atoms with Gasteiger partial charge in [-0.05, 0) is 44.0 Å². The summed E-state index contributed by atoms with van der Waals surface area (Å²) in [4.78, 5) is 3.95. The Hall–Kier alpha value is -0.470. The molecule has 0 bridgehead atoms. The summed E-state index contributed by atoms with van der Waals surface area (Å²) in [7, 11) is 0. The molecule has 9 heteroatoms. The number of nitrogens with zero attached hydrogens (tertiary/aromatic N) is 1. The van der Waals surface area contributed by atoms with Gasteiger partial charge in [-0.2, -0.15) is 0 Å². The molecule has 0 saturated heterocycles. The SMILES string of the molecule is NC(CCl)=Nc1c(Br)cc(OC(F)(F)F)cc1Br. The fraction of sp³-hybridized carbons (Fsp3) is 0.222. The van der Waals surface area contributed by atoms with Crippen molar-refractivity contribution in [1.82, 2.24) is 0 Å². The smallest absolute Gasteiger partial charge is 0.406 e. The zero-order chi connectivity index (χ0) is 13.9. The lowest BCUT2D eigenvalue weighted by molar-refractivity contribution is -0.274. The second-order valence-electron chi connectivity index (χ2n) is 3.02. The third-order valence-corrected chi connectivity index (χ3v) is 3.10.